The van der Waals surface area contributed by atoms with Crippen LogP contribution in [0.3, 0.4) is 0 Å². The minimum Gasteiger partial charge on any atom is -0.373 e. The van der Waals surface area contributed by atoms with Crippen LogP contribution in [0.25, 0.3) is 63.9 Å². The molecule has 0 aliphatic carbocycles. The molecule has 12 heteroatoms. The molecular formula is C6H12N12-4. The maximum Gasteiger partial charge on any atom is -0.106 e. The predicted molar refractivity (Wildman–Crippen MR) is 74.1 cm³/mol. The van der Waals surface area contributed by atoms with Gasteiger partial charge >= 0.3 is 0 Å². The van der Waals surface area contributed by atoms with Crippen molar-refractivity contribution < 1.29 is 0 Å². The van der Waals surface area contributed by atoms with Gasteiger partial charge in [-0.3, -0.25) is 19.6 Å². The largest absolute Gasteiger partial charge is 0.373 e. The Kier molecular flexibility index (Phi) is 25800. The second kappa shape index (κ2) is 9880. The Morgan fingerprint density at radius 2 is 0.333 bits per heavy atom. The van der Waals surface area contributed by atoms with Gasteiger partial charge in [0.2, 0.25) is 0 Å². The summed E-state index contributed by atoms with van der Waals surface area (Å²) in [6.45, 7) is 18.0. The smallest absolute Gasteiger partial charge is 0.106 e. The summed E-state index contributed by atoms with van der Waals surface area (Å²) in [4.78, 5) is 6.00. The van der Waals surface area contributed by atoms with Gasteiger partial charge < -0.3 is 44.2 Å². The first kappa shape index (κ1) is 47.1. The summed E-state index contributed by atoms with van der Waals surface area (Å²) in [5, 5.41) is 0. The highest BCUT2D eigenvalue weighted by Crippen LogP contribution is 1.30. The highest BCUT2D eigenvalue weighted by molar-refractivity contribution is 4.37. The zero-order valence-corrected chi connectivity index (χ0v) is 9.61. The number of rotatable bonds is 0. The third kappa shape index (κ3) is 131. The van der Waals surface area contributed by atoms with Crippen LogP contribution in [-0.4, -0.2) is 0 Å². The summed E-state index contributed by atoms with van der Waals surface area (Å²) in [5.74, 6) is 0. The van der Waals surface area contributed by atoms with Crippen molar-refractivity contribution >= 4 is 0 Å². The summed E-state index contributed by atoms with van der Waals surface area (Å²) >= 11 is 0. The zero-order valence-electron chi connectivity index (χ0n) is 9.61. The van der Waals surface area contributed by atoms with Gasteiger partial charge in [-0.1, -0.05) is 0 Å². The lowest BCUT2D eigenvalue weighted by Gasteiger charge is -1.32. The first-order chi connectivity index (χ1) is 8.66. The molecule has 100 valence electrons. The Bertz CT molecular complexity index is 181. The summed E-state index contributed by atoms with van der Waals surface area (Å²) in [7, 11) is 0. The average Bonchev–Trinajstić information content (AvgIpc) is 2.40. The number of hydrogen-bond acceptors (Lipinski definition) is 0. The highest BCUT2D eigenvalue weighted by Gasteiger charge is 0.698. The molecule has 0 saturated carbocycles. The van der Waals surface area contributed by atoms with E-state index in [1.807, 2.05) is 0 Å². The predicted octanol–water partition coefficient (Wildman–Crippen LogP) is 5.87. The van der Waals surface area contributed by atoms with Crippen LogP contribution in [0, 0.1) is 0 Å². The van der Waals surface area contributed by atoms with Gasteiger partial charge in [-0.15, -0.1) is 39.5 Å². The molecule has 0 bridgehead atoms. The van der Waals surface area contributed by atoms with Gasteiger partial charge in [0.15, 0.2) is 0 Å². The van der Waals surface area contributed by atoms with Gasteiger partial charge in [-0.05, 0) is 0 Å². The molecular weight excluding hydrogens is 240 g/mol. The number of nitrogens with zero attached hydrogens (tertiary/aromatic N) is 12. The summed E-state index contributed by atoms with van der Waals surface area (Å²) in [5.41, 5.74) is 54.0. The molecule has 0 saturated heterocycles. The van der Waals surface area contributed by atoms with Gasteiger partial charge in [0.1, 0.15) is 0 Å². The lowest BCUT2D eigenvalue weighted by atomic mass is 11.3. The fourth-order valence-corrected chi connectivity index (χ4v) is 0. The maximum atomic E-state index is 6.75. The Hall–Kier alpha value is -3.54. The van der Waals surface area contributed by atoms with E-state index in [0.717, 1.165) is 0 Å². The van der Waals surface area contributed by atoms with Gasteiger partial charge in [0.25, 0.3) is 0 Å². The first-order valence-corrected chi connectivity index (χ1v) is 3.10. The normalized spacial score (nSPS) is 2.44. The Labute approximate surface area is 104 Å². The fraction of sp³-hybridized carbons (Fsp3) is 0. The van der Waals surface area contributed by atoms with Crippen LogP contribution in [-0.2, 0) is 0 Å². The molecule has 0 aliphatic heterocycles. The molecule has 18 heavy (non-hydrogen) atoms. The van der Waals surface area contributed by atoms with Crippen molar-refractivity contribution in [1.82, 2.24) is 0 Å². The lowest BCUT2D eigenvalue weighted by Crippen LogP contribution is -0.711. The molecule has 0 spiro atoms. The van der Waals surface area contributed by atoms with Crippen molar-refractivity contribution in [1.29, 1.82) is 0 Å². The highest BCUT2D eigenvalue weighted by atomic mass is 15.0. The van der Waals surface area contributed by atoms with Gasteiger partial charge in [0.05, 0.1) is 0 Å². The molecule has 0 amide bonds. The van der Waals surface area contributed by atoms with Crippen LogP contribution >= 0.6 is 0 Å². The molecule has 0 aromatic heterocycles. The SMILES string of the molecule is C=C.C=C.C=C.[N-]=[N+]=[N-].[N-]=[N+]=[N-].[N-]=[N+]=[N-].[N-]=[N+]=[N-]. The van der Waals surface area contributed by atoms with Crippen LogP contribution in [0.2, 0.25) is 0 Å². The molecule has 0 aliphatic rings. The lowest BCUT2D eigenvalue weighted by molar-refractivity contribution is 2.36. The van der Waals surface area contributed by atoms with Gasteiger partial charge in [0, 0.05) is 0 Å². The second-order valence-corrected chi connectivity index (χ2v) is 0.358. The molecule has 0 rings (SSSR count). The fourth-order valence-electron chi connectivity index (χ4n) is 0. The van der Waals surface area contributed by atoms with Gasteiger partial charge in [-0.2, -0.15) is 0 Å². The van der Waals surface area contributed by atoms with E-state index in [1.165, 1.54) is 19.6 Å². The van der Waals surface area contributed by atoms with E-state index in [4.69, 9.17) is 44.2 Å². The van der Waals surface area contributed by atoms with Gasteiger partial charge in [-0.25, -0.2) is 0 Å². The second-order valence-electron chi connectivity index (χ2n) is 0.358. The minimum atomic E-state index is 1.50. The van der Waals surface area contributed by atoms with E-state index >= 15 is 0 Å². The van der Waals surface area contributed by atoms with Crippen molar-refractivity contribution in [3.8, 4) is 0 Å². The van der Waals surface area contributed by atoms with Crippen LogP contribution in [0.5, 0.6) is 0 Å². The summed E-state index contributed by atoms with van der Waals surface area (Å²) in [6.07, 6.45) is 0. The molecule has 0 aromatic rings. The van der Waals surface area contributed by atoms with Crippen molar-refractivity contribution in [2.24, 2.45) is 0 Å². The summed E-state index contributed by atoms with van der Waals surface area (Å²) < 4.78 is 0. The van der Waals surface area contributed by atoms with E-state index in [1.54, 1.807) is 0 Å². The standard InChI is InChI=1S/3C2H4.4N3/c3*1-2;4*1-3-2/h3*1-2H2;;;;/q;;;4*-1. The van der Waals surface area contributed by atoms with E-state index < -0.39 is 0 Å². The number of hydrogen-bond donors (Lipinski definition) is 0. The molecule has 12 nitrogen and oxygen atoms in total. The summed E-state index contributed by atoms with van der Waals surface area (Å²) in [6, 6.07) is 0. The zero-order chi connectivity index (χ0) is 16.8. The molecule has 0 N–H and O–H groups in total. The molecule has 0 unspecified atom stereocenters. The van der Waals surface area contributed by atoms with E-state index in [-0.39, 0.29) is 0 Å². The van der Waals surface area contributed by atoms with Crippen molar-refractivity contribution in [3.63, 3.8) is 0 Å². The van der Waals surface area contributed by atoms with Crippen LogP contribution < -0.4 is 0 Å². The Morgan fingerprint density at radius 3 is 0.333 bits per heavy atom. The Balaban J connectivity index is -0.0000000159. The van der Waals surface area contributed by atoms with Crippen molar-refractivity contribution in [2.75, 3.05) is 0 Å². The first-order valence-electron chi connectivity index (χ1n) is 3.10. The molecule has 0 aromatic carbocycles. The molecule has 0 fully saturated rings. The van der Waals surface area contributed by atoms with E-state index in [9.17, 15) is 0 Å². The van der Waals surface area contributed by atoms with Crippen molar-refractivity contribution in [2.45, 2.75) is 0 Å². The minimum absolute atomic E-state index is 1.50. The molecule has 0 heterocycles. The van der Waals surface area contributed by atoms with E-state index in [2.05, 4.69) is 39.5 Å². The monoisotopic (exact) mass is 252 g/mol. The van der Waals surface area contributed by atoms with E-state index in [0.29, 0.717) is 0 Å². The topological polar surface area (TPSA) is 235 Å². The average molecular weight is 252 g/mol. The third-order valence-electron chi connectivity index (χ3n) is 0. The van der Waals surface area contributed by atoms with Crippen LogP contribution in [0.4, 0.5) is 0 Å². The van der Waals surface area contributed by atoms with Crippen molar-refractivity contribution in [3.05, 3.63) is 103 Å². The quantitative estimate of drug-likeness (QED) is 0.212. The van der Waals surface area contributed by atoms with Crippen LogP contribution in [0.1, 0.15) is 0 Å². The maximum absolute atomic E-state index is 6.75. The molecule has 0 atom stereocenters. The Morgan fingerprint density at radius 1 is 0.333 bits per heavy atom. The third-order valence-corrected chi connectivity index (χ3v) is 0. The molecule has 0 radical (unpaired) electrons. The van der Waals surface area contributed by atoms with Crippen LogP contribution in [0.15, 0.2) is 39.5 Å².